The number of nitrogens with zero attached hydrogens (tertiary/aromatic N) is 1. The summed E-state index contributed by atoms with van der Waals surface area (Å²) >= 11 is 0. The Balaban J connectivity index is 4.18. The van der Waals surface area contributed by atoms with Crippen LogP contribution in [0.1, 0.15) is 264 Å². The molecule has 0 saturated heterocycles. The summed E-state index contributed by atoms with van der Waals surface area (Å²) in [6.07, 6.45) is 54.9. The number of likely N-dealkylation sites (N-methyl/N-ethyl adjacent to an activating group) is 1. The summed E-state index contributed by atoms with van der Waals surface area (Å²) in [7, 11) is 5.43. The first kappa shape index (κ1) is 61.8. The quantitative estimate of drug-likeness (QED) is 0.0259. The third kappa shape index (κ3) is 45.0. The number of unbranched alkanes of at least 4 members (excludes halogenated alkanes) is 33. The van der Waals surface area contributed by atoms with Crippen molar-refractivity contribution in [3.63, 3.8) is 0 Å². The van der Waals surface area contributed by atoms with E-state index in [1.807, 2.05) is 21.1 Å². The molecular formula is C56H105NO7. The molecule has 0 N–H and O–H groups in total. The first-order valence-electron chi connectivity index (χ1n) is 27.4. The molecule has 0 amide bonds. The highest BCUT2D eigenvalue weighted by atomic mass is 16.6. The monoisotopic (exact) mass is 904 g/mol. The lowest BCUT2D eigenvalue weighted by molar-refractivity contribution is -0.889. The summed E-state index contributed by atoms with van der Waals surface area (Å²) in [4.78, 5) is 37.1. The molecule has 0 rings (SSSR count). The molecule has 0 aromatic carbocycles. The molecule has 2 atom stereocenters. The maximum absolute atomic E-state index is 12.8. The number of aliphatic carboxylic acids is 1. The molecule has 0 bridgehead atoms. The van der Waals surface area contributed by atoms with Gasteiger partial charge in [0.15, 0.2) is 6.10 Å². The molecule has 0 aromatic rings. The summed E-state index contributed by atoms with van der Waals surface area (Å²) in [6, 6.07) is -0.724. The van der Waals surface area contributed by atoms with Gasteiger partial charge < -0.3 is 28.6 Å². The Morgan fingerprint density at radius 2 is 0.812 bits per heavy atom. The van der Waals surface area contributed by atoms with Crippen LogP contribution in [-0.2, 0) is 28.6 Å². The van der Waals surface area contributed by atoms with Gasteiger partial charge >= 0.3 is 11.9 Å². The Labute approximate surface area is 396 Å². The van der Waals surface area contributed by atoms with E-state index in [0.717, 1.165) is 38.5 Å². The lowest BCUT2D eigenvalue weighted by Crippen LogP contribution is -2.55. The highest BCUT2D eigenvalue weighted by Gasteiger charge is 2.25. The molecule has 0 fully saturated rings. The zero-order valence-corrected chi connectivity index (χ0v) is 43.0. The molecule has 8 heteroatoms. The fourth-order valence-electron chi connectivity index (χ4n) is 8.36. The molecular weight excluding hydrogens is 799 g/mol. The van der Waals surface area contributed by atoms with Gasteiger partial charge in [0, 0.05) is 19.3 Å². The van der Waals surface area contributed by atoms with Gasteiger partial charge in [0.2, 0.25) is 0 Å². The minimum atomic E-state index is -1.12. The Morgan fingerprint density at radius 1 is 0.469 bits per heavy atom. The number of ether oxygens (including phenoxy) is 3. The van der Waals surface area contributed by atoms with Crippen LogP contribution in [0.2, 0.25) is 0 Å². The van der Waals surface area contributed by atoms with E-state index in [2.05, 4.69) is 38.2 Å². The van der Waals surface area contributed by atoms with Crippen LogP contribution in [0.4, 0.5) is 0 Å². The number of esters is 2. The lowest BCUT2D eigenvalue weighted by atomic mass is 10.0. The molecule has 8 nitrogen and oxygen atoms in total. The largest absolute Gasteiger partial charge is 0.544 e. The van der Waals surface area contributed by atoms with Crippen LogP contribution in [0, 0.1) is 0 Å². The second-order valence-electron chi connectivity index (χ2n) is 19.9. The second kappa shape index (κ2) is 47.3. The Bertz CT molecular complexity index is 1100. The Morgan fingerprint density at radius 3 is 1.19 bits per heavy atom. The number of rotatable bonds is 50. The number of carboxylic acids is 1. The molecule has 0 heterocycles. The fourth-order valence-corrected chi connectivity index (χ4v) is 8.36. The summed E-state index contributed by atoms with van der Waals surface area (Å²) in [5.74, 6) is -1.72. The van der Waals surface area contributed by atoms with Crippen molar-refractivity contribution < 1.29 is 38.2 Å². The van der Waals surface area contributed by atoms with Gasteiger partial charge in [-0.15, -0.1) is 0 Å². The van der Waals surface area contributed by atoms with E-state index in [1.165, 1.54) is 193 Å². The summed E-state index contributed by atoms with van der Waals surface area (Å²) < 4.78 is 17.3. The highest BCUT2D eigenvalue weighted by Crippen LogP contribution is 2.17. The predicted molar refractivity (Wildman–Crippen MR) is 268 cm³/mol. The zero-order valence-electron chi connectivity index (χ0n) is 43.0. The molecule has 0 spiro atoms. The normalized spacial score (nSPS) is 13.0. The molecule has 0 aromatic heterocycles. The van der Waals surface area contributed by atoms with Crippen LogP contribution in [0.25, 0.3) is 0 Å². The van der Waals surface area contributed by atoms with Gasteiger partial charge in [0.1, 0.15) is 12.6 Å². The SMILES string of the molecule is CCCCCC/C=C/C=C/CCCCCCCCCCCCC(=O)OCC(COCCC(C(=O)[O-])[N+](C)(C)C)OC(=O)CCCCCCCCCCCCCCCCCCCCCC. The number of carbonyl (C=O) groups excluding carboxylic acids is 3. The minimum absolute atomic E-state index is 0.0448. The number of carboxylic acid groups (broad SMARTS) is 1. The summed E-state index contributed by atoms with van der Waals surface area (Å²) in [5, 5.41) is 11.7. The second-order valence-corrected chi connectivity index (χ2v) is 19.9. The number of carbonyl (C=O) groups is 3. The van der Waals surface area contributed by atoms with E-state index < -0.39 is 18.1 Å². The van der Waals surface area contributed by atoms with Crippen LogP contribution < -0.4 is 5.11 Å². The van der Waals surface area contributed by atoms with Crippen LogP contribution in [0.15, 0.2) is 24.3 Å². The molecule has 0 aliphatic heterocycles. The van der Waals surface area contributed by atoms with Crippen molar-refractivity contribution in [1.29, 1.82) is 0 Å². The molecule has 64 heavy (non-hydrogen) atoms. The van der Waals surface area contributed by atoms with Crippen LogP contribution >= 0.6 is 0 Å². The molecule has 2 unspecified atom stereocenters. The first-order valence-corrected chi connectivity index (χ1v) is 27.4. The molecule has 376 valence electrons. The van der Waals surface area contributed by atoms with E-state index in [-0.39, 0.29) is 42.7 Å². The van der Waals surface area contributed by atoms with E-state index in [9.17, 15) is 19.5 Å². The average Bonchev–Trinajstić information content (AvgIpc) is 3.26. The third-order valence-electron chi connectivity index (χ3n) is 12.6. The van der Waals surface area contributed by atoms with E-state index in [4.69, 9.17) is 14.2 Å². The van der Waals surface area contributed by atoms with Gasteiger partial charge in [0.25, 0.3) is 0 Å². The smallest absolute Gasteiger partial charge is 0.306 e. The molecule has 0 saturated carbocycles. The molecule has 0 aliphatic carbocycles. The van der Waals surface area contributed by atoms with Crippen molar-refractivity contribution in [1.82, 2.24) is 0 Å². The van der Waals surface area contributed by atoms with Crippen molar-refractivity contribution in [2.75, 3.05) is 41.0 Å². The highest BCUT2D eigenvalue weighted by molar-refractivity contribution is 5.70. The van der Waals surface area contributed by atoms with E-state index in [1.54, 1.807) is 0 Å². The van der Waals surface area contributed by atoms with Crippen LogP contribution in [0.5, 0.6) is 0 Å². The molecule has 0 radical (unpaired) electrons. The van der Waals surface area contributed by atoms with Gasteiger partial charge in [-0.1, -0.05) is 231 Å². The van der Waals surface area contributed by atoms with Crippen molar-refractivity contribution in [3.05, 3.63) is 24.3 Å². The zero-order chi connectivity index (χ0) is 47.0. The minimum Gasteiger partial charge on any atom is -0.544 e. The number of hydrogen-bond donors (Lipinski definition) is 0. The van der Waals surface area contributed by atoms with E-state index >= 15 is 0 Å². The maximum Gasteiger partial charge on any atom is 0.306 e. The average molecular weight is 904 g/mol. The summed E-state index contributed by atoms with van der Waals surface area (Å²) in [6.45, 7) is 4.69. The first-order chi connectivity index (χ1) is 31.1. The maximum atomic E-state index is 12.8. The predicted octanol–water partition coefficient (Wildman–Crippen LogP) is 14.6. The topological polar surface area (TPSA) is 102 Å². The Kier molecular flexibility index (Phi) is 45.7. The summed E-state index contributed by atoms with van der Waals surface area (Å²) in [5.41, 5.74) is 0. The fraction of sp³-hybridized carbons (Fsp3) is 0.875. The van der Waals surface area contributed by atoms with Crippen molar-refractivity contribution in [2.24, 2.45) is 0 Å². The van der Waals surface area contributed by atoms with Gasteiger partial charge in [-0.2, -0.15) is 0 Å². The van der Waals surface area contributed by atoms with Crippen LogP contribution in [-0.4, -0.2) is 75.5 Å². The van der Waals surface area contributed by atoms with Gasteiger partial charge in [0.05, 0.1) is 40.3 Å². The third-order valence-corrected chi connectivity index (χ3v) is 12.6. The van der Waals surface area contributed by atoms with Crippen molar-refractivity contribution in [3.8, 4) is 0 Å². The van der Waals surface area contributed by atoms with Gasteiger partial charge in [-0.25, -0.2) is 0 Å². The van der Waals surface area contributed by atoms with Crippen molar-refractivity contribution >= 4 is 17.9 Å². The lowest BCUT2D eigenvalue weighted by Gasteiger charge is -2.34. The Hall–Kier alpha value is -2.19. The van der Waals surface area contributed by atoms with Gasteiger partial charge in [-0.05, 0) is 38.5 Å². The standard InChI is InChI=1S/C56H105NO7/c1-6-8-10-12-14-16-18-20-22-24-26-28-30-32-34-36-38-40-42-44-46-54(58)63-51-52(50-62-49-48-53(56(60)61)57(3,4)5)64-55(59)47-45-43-41-39-37-35-33-31-29-27-25-23-21-19-17-15-13-11-9-7-2/h16,18,20,22,52-53H,6-15,17,19,21,23-51H2,1-5H3/b18-16+,22-20+. The molecule has 0 aliphatic rings. The number of quaternary nitrogens is 1. The number of hydrogen-bond acceptors (Lipinski definition) is 7. The van der Waals surface area contributed by atoms with E-state index in [0.29, 0.717) is 12.8 Å². The number of allylic oxidation sites excluding steroid dienone is 4. The van der Waals surface area contributed by atoms with Crippen molar-refractivity contribution in [2.45, 2.75) is 276 Å². The van der Waals surface area contributed by atoms with Gasteiger partial charge in [-0.3, -0.25) is 9.59 Å². The van der Waals surface area contributed by atoms with Crippen LogP contribution in [0.3, 0.4) is 0 Å².